The Hall–Kier alpha value is -2.63. The highest BCUT2D eigenvalue weighted by Crippen LogP contribution is 2.25. The summed E-state index contributed by atoms with van der Waals surface area (Å²) in [5, 5.41) is 7.31. The molecule has 0 radical (unpaired) electrons. The number of hydrogen-bond acceptors (Lipinski definition) is 5. The second-order valence-electron chi connectivity index (χ2n) is 3.98. The van der Waals surface area contributed by atoms with Crippen LogP contribution in [0.15, 0.2) is 36.8 Å². The molecule has 0 saturated heterocycles. The molecule has 0 aliphatic carbocycles. The van der Waals surface area contributed by atoms with Gasteiger partial charge in [0.15, 0.2) is 5.65 Å². The quantitative estimate of drug-likeness (QED) is 0.773. The van der Waals surface area contributed by atoms with Crippen molar-refractivity contribution in [1.82, 2.24) is 19.6 Å². The van der Waals surface area contributed by atoms with Crippen molar-refractivity contribution >= 4 is 11.5 Å². The van der Waals surface area contributed by atoms with Crippen LogP contribution in [0.25, 0.3) is 16.8 Å². The molecular weight excluding hydrogens is 242 g/mol. The minimum atomic E-state index is 0.571. The van der Waals surface area contributed by atoms with E-state index in [2.05, 4.69) is 20.4 Å². The van der Waals surface area contributed by atoms with Crippen LogP contribution in [0.4, 0.5) is 5.82 Å². The molecule has 96 valence electrons. The summed E-state index contributed by atoms with van der Waals surface area (Å²) in [4.78, 5) is 8.61. The predicted molar refractivity (Wildman–Crippen MR) is 72.3 cm³/mol. The molecule has 0 spiro atoms. The van der Waals surface area contributed by atoms with Crippen molar-refractivity contribution in [3.63, 3.8) is 0 Å². The summed E-state index contributed by atoms with van der Waals surface area (Å²) in [6.07, 6.45) is 5.37. The Kier molecular flexibility index (Phi) is 2.75. The fourth-order valence-corrected chi connectivity index (χ4v) is 1.90. The lowest BCUT2D eigenvalue weighted by Gasteiger charge is -2.03. The number of ether oxygens (including phenoxy) is 1. The van der Waals surface area contributed by atoms with E-state index < -0.39 is 0 Å². The minimum absolute atomic E-state index is 0.571. The van der Waals surface area contributed by atoms with Gasteiger partial charge in [-0.3, -0.25) is 0 Å². The molecule has 19 heavy (non-hydrogen) atoms. The van der Waals surface area contributed by atoms with E-state index in [0.29, 0.717) is 5.88 Å². The summed E-state index contributed by atoms with van der Waals surface area (Å²) in [7, 11) is 3.43. The van der Waals surface area contributed by atoms with E-state index in [1.54, 1.807) is 24.0 Å². The molecule has 0 aliphatic heterocycles. The van der Waals surface area contributed by atoms with Crippen LogP contribution in [-0.2, 0) is 0 Å². The summed E-state index contributed by atoms with van der Waals surface area (Å²) in [5.41, 5.74) is 2.71. The van der Waals surface area contributed by atoms with Gasteiger partial charge in [-0.15, -0.1) is 0 Å². The summed E-state index contributed by atoms with van der Waals surface area (Å²) in [6.45, 7) is 0. The van der Waals surface area contributed by atoms with Crippen LogP contribution in [0.3, 0.4) is 0 Å². The standard InChI is InChI=1S/C13H13N5O/c1-14-11-4-6-18-13(17-11)10(8-16-18)9-3-5-15-12(7-9)19-2/h3-8H,1-2H3,(H,14,17). The van der Waals surface area contributed by atoms with E-state index >= 15 is 0 Å². The van der Waals surface area contributed by atoms with Gasteiger partial charge in [0.2, 0.25) is 5.88 Å². The third kappa shape index (κ3) is 1.97. The molecule has 0 aliphatic rings. The third-order valence-corrected chi connectivity index (χ3v) is 2.88. The Morgan fingerprint density at radius 3 is 3.00 bits per heavy atom. The first-order valence-corrected chi connectivity index (χ1v) is 5.84. The molecule has 0 bridgehead atoms. The number of aromatic nitrogens is 4. The average molecular weight is 255 g/mol. The molecular formula is C13H13N5O. The predicted octanol–water partition coefficient (Wildman–Crippen LogP) is 1.84. The summed E-state index contributed by atoms with van der Waals surface area (Å²) in [6, 6.07) is 5.65. The van der Waals surface area contributed by atoms with Crippen LogP contribution in [0, 0.1) is 0 Å². The molecule has 6 nitrogen and oxygen atoms in total. The highest BCUT2D eigenvalue weighted by Gasteiger charge is 2.09. The van der Waals surface area contributed by atoms with Gasteiger partial charge in [0.25, 0.3) is 0 Å². The van der Waals surface area contributed by atoms with Crippen molar-refractivity contribution in [3.05, 3.63) is 36.8 Å². The van der Waals surface area contributed by atoms with Gasteiger partial charge in [0.05, 0.1) is 13.3 Å². The zero-order valence-corrected chi connectivity index (χ0v) is 10.7. The molecule has 0 aromatic carbocycles. The Balaban J connectivity index is 2.18. The SMILES string of the molecule is CNc1ccn2ncc(-c3ccnc(OC)c3)c2n1. The summed E-state index contributed by atoms with van der Waals surface area (Å²) >= 11 is 0. The van der Waals surface area contributed by atoms with E-state index in [4.69, 9.17) is 4.74 Å². The second kappa shape index (κ2) is 4.56. The van der Waals surface area contributed by atoms with Crippen molar-refractivity contribution in [2.45, 2.75) is 0 Å². The number of nitrogens with one attached hydrogen (secondary N) is 1. The first kappa shape index (κ1) is 11.5. The summed E-state index contributed by atoms with van der Waals surface area (Å²) in [5.74, 6) is 1.37. The van der Waals surface area contributed by atoms with E-state index in [9.17, 15) is 0 Å². The van der Waals surface area contributed by atoms with Gasteiger partial charge in [0.1, 0.15) is 5.82 Å². The maximum atomic E-state index is 5.14. The lowest BCUT2D eigenvalue weighted by Crippen LogP contribution is -1.96. The van der Waals surface area contributed by atoms with Crippen LogP contribution in [-0.4, -0.2) is 33.7 Å². The Morgan fingerprint density at radius 2 is 2.21 bits per heavy atom. The smallest absolute Gasteiger partial charge is 0.213 e. The highest BCUT2D eigenvalue weighted by atomic mass is 16.5. The molecule has 0 fully saturated rings. The first-order valence-electron chi connectivity index (χ1n) is 5.84. The van der Waals surface area contributed by atoms with Gasteiger partial charge >= 0.3 is 0 Å². The molecule has 6 heteroatoms. The normalized spacial score (nSPS) is 10.6. The molecule has 3 aromatic rings. The largest absolute Gasteiger partial charge is 0.481 e. The van der Waals surface area contributed by atoms with Gasteiger partial charge in [-0.25, -0.2) is 14.5 Å². The number of pyridine rings is 1. The number of rotatable bonds is 3. The molecule has 3 aromatic heterocycles. The Morgan fingerprint density at radius 1 is 1.32 bits per heavy atom. The van der Waals surface area contributed by atoms with Crippen LogP contribution in [0.1, 0.15) is 0 Å². The van der Waals surface area contributed by atoms with Crippen molar-refractivity contribution in [2.24, 2.45) is 0 Å². The van der Waals surface area contributed by atoms with Gasteiger partial charge in [0, 0.05) is 31.1 Å². The topological polar surface area (TPSA) is 64.3 Å². The van der Waals surface area contributed by atoms with Crippen molar-refractivity contribution in [2.75, 3.05) is 19.5 Å². The second-order valence-corrected chi connectivity index (χ2v) is 3.98. The number of methoxy groups -OCH3 is 1. The summed E-state index contributed by atoms with van der Waals surface area (Å²) < 4.78 is 6.88. The van der Waals surface area contributed by atoms with Gasteiger partial charge in [-0.2, -0.15) is 5.10 Å². The fourth-order valence-electron chi connectivity index (χ4n) is 1.90. The molecule has 3 heterocycles. The molecule has 0 unspecified atom stereocenters. The van der Waals surface area contributed by atoms with Crippen LogP contribution < -0.4 is 10.1 Å². The van der Waals surface area contributed by atoms with Crippen molar-refractivity contribution in [3.8, 4) is 17.0 Å². The zero-order chi connectivity index (χ0) is 13.2. The first-order chi connectivity index (χ1) is 9.31. The van der Waals surface area contributed by atoms with E-state index in [0.717, 1.165) is 22.6 Å². The van der Waals surface area contributed by atoms with Crippen LogP contribution in [0.2, 0.25) is 0 Å². The average Bonchev–Trinajstić information content (AvgIpc) is 2.90. The molecule has 1 N–H and O–H groups in total. The molecule has 0 atom stereocenters. The maximum absolute atomic E-state index is 5.14. The maximum Gasteiger partial charge on any atom is 0.213 e. The van der Waals surface area contributed by atoms with E-state index in [-0.39, 0.29) is 0 Å². The number of fused-ring (bicyclic) bond motifs is 1. The molecule has 0 amide bonds. The Labute approximate surface area is 110 Å². The number of nitrogens with zero attached hydrogens (tertiary/aromatic N) is 4. The highest BCUT2D eigenvalue weighted by molar-refractivity contribution is 5.77. The minimum Gasteiger partial charge on any atom is -0.481 e. The lowest BCUT2D eigenvalue weighted by atomic mass is 10.1. The third-order valence-electron chi connectivity index (χ3n) is 2.88. The number of hydrogen-bond donors (Lipinski definition) is 1. The fraction of sp³-hybridized carbons (Fsp3) is 0.154. The van der Waals surface area contributed by atoms with E-state index in [1.165, 1.54) is 0 Å². The van der Waals surface area contributed by atoms with Crippen molar-refractivity contribution in [1.29, 1.82) is 0 Å². The van der Waals surface area contributed by atoms with Gasteiger partial charge < -0.3 is 10.1 Å². The van der Waals surface area contributed by atoms with Gasteiger partial charge in [-0.1, -0.05) is 0 Å². The van der Waals surface area contributed by atoms with E-state index in [1.807, 2.05) is 31.4 Å². The Bertz CT molecular complexity index is 722. The number of anilines is 1. The van der Waals surface area contributed by atoms with Crippen LogP contribution >= 0.6 is 0 Å². The molecule has 0 saturated carbocycles. The molecule has 3 rings (SSSR count). The van der Waals surface area contributed by atoms with Crippen LogP contribution in [0.5, 0.6) is 5.88 Å². The zero-order valence-electron chi connectivity index (χ0n) is 10.7. The monoisotopic (exact) mass is 255 g/mol. The van der Waals surface area contributed by atoms with Crippen molar-refractivity contribution < 1.29 is 4.74 Å². The van der Waals surface area contributed by atoms with Gasteiger partial charge in [-0.05, 0) is 17.7 Å². The lowest BCUT2D eigenvalue weighted by molar-refractivity contribution is 0.398.